The van der Waals surface area contributed by atoms with Crippen LogP contribution in [0.1, 0.15) is 52.0 Å². The van der Waals surface area contributed by atoms with Crippen molar-refractivity contribution in [1.82, 2.24) is 5.32 Å². The molecule has 0 radical (unpaired) electrons. The number of rotatable bonds is 4. The van der Waals surface area contributed by atoms with Crippen LogP contribution in [0.15, 0.2) is 45.2 Å². The van der Waals surface area contributed by atoms with E-state index in [4.69, 9.17) is 9.47 Å². The quantitative estimate of drug-likeness (QED) is 0.681. The van der Waals surface area contributed by atoms with Crippen LogP contribution in [0.3, 0.4) is 0 Å². The molecule has 1 atom stereocenters. The fourth-order valence-corrected chi connectivity index (χ4v) is 4.54. The van der Waals surface area contributed by atoms with Crippen LogP contribution in [0.4, 0.5) is 0 Å². The van der Waals surface area contributed by atoms with Gasteiger partial charge in [0.05, 0.1) is 25.2 Å². The number of ketones is 1. The number of allylic oxidation sites excluding steroid dienone is 3. The van der Waals surface area contributed by atoms with Crippen LogP contribution in [0, 0.1) is 5.41 Å². The number of hydrogen-bond donors (Lipinski definition) is 1. The van der Waals surface area contributed by atoms with E-state index < -0.39 is 11.9 Å². The minimum Gasteiger partial charge on any atom is -0.496 e. The molecule has 1 unspecified atom stereocenters. The average molecular weight is 448 g/mol. The summed E-state index contributed by atoms with van der Waals surface area (Å²) in [5, 5.41) is 3.33. The topological polar surface area (TPSA) is 64.6 Å². The number of nitrogens with one attached hydrogen (secondary N) is 1. The second-order valence-corrected chi connectivity index (χ2v) is 8.95. The summed E-state index contributed by atoms with van der Waals surface area (Å²) in [5.74, 6) is -0.246. The van der Waals surface area contributed by atoms with Gasteiger partial charge < -0.3 is 14.8 Å². The first-order valence-electron chi connectivity index (χ1n) is 9.43. The van der Waals surface area contributed by atoms with Crippen molar-refractivity contribution >= 4 is 27.7 Å². The zero-order valence-corrected chi connectivity index (χ0v) is 18.5. The first-order valence-corrected chi connectivity index (χ1v) is 10.2. The lowest BCUT2D eigenvalue weighted by atomic mass is 9.68. The van der Waals surface area contributed by atoms with Crippen molar-refractivity contribution in [2.24, 2.45) is 5.41 Å². The van der Waals surface area contributed by atoms with Gasteiger partial charge in [-0.15, -0.1) is 0 Å². The van der Waals surface area contributed by atoms with Crippen LogP contribution >= 0.6 is 15.9 Å². The molecule has 0 saturated carbocycles. The number of methoxy groups -OCH3 is 1. The van der Waals surface area contributed by atoms with Gasteiger partial charge in [-0.3, -0.25) is 4.79 Å². The van der Waals surface area contributed by atoms with Crippen LogP contribution in [-0.2, 0) is 14.3 Å². The molecule has 6 heteroatoms. The van der Waals surface area contributed by atoms with Crippen molar-refractivity contribution in [1.29, 1.82) is 0 Å². The first-order chi connectivity index (χ1) is 13.2. The minimum absolute atomic E-state index is 0.0556. The van der Waals surface area contributed by atoms with E-state index in [-0.39, 0.29) is 17.8 Å². The summed E-state index contributed by atoms with van der Waals surface area (Å²) in [4.78, 5) is 26.1. The third kappa shape index (κ3) is 3.75. The summed E-state index contributed by atoms with van der Waals surface area (Å²) < 4.78 is 11.8. The molecule has 0 saturated heterocycles. The van der Waals surface area contributed by atoms with Gasteiger partial charge in [0, 0.05) is 33.4 Å². The Bertz CT molecular complexity index is 898. The van der Waals surface area contributed by atoms with E-state index in [9.17, 15) is 9.59 Å². The summed E-state index contributed by atoms with van der Waals surface area (Å²) in [7, 11) is 1.59. The number of carbonyl (C=O) groups excluding carboxylic acids is 2. The summed E-state index contributed by atoms with van der Waals surface area (Å²) in [6, 6.07) is 5.64. The largest absolute Gasteiger partial charge is 0.496 e. The highest BCUT2D eigenvalue weighted by molar-refractivity contribution is 9.10. The zero-order chi connectivity index (χ0) is 20.6. The standard InChI is InChI=1S/C22H26BrNO4/c1-6-28-21(26)18-12(2)24-15-10-22(3,4)11-16(25)20(15)19(18)14-9-13(23)7-8-17(14)27-5/h7-9,19,24H,6,10-11H2,1-5H3. The molecule has 28 heavy (non-hydrogen) atoms. The molecule has 1 aliphatic carbocycles. The molecule has 0 aromatic heterocycles. The van der Waals surface area contributed by atoms with Gasteiger partial charge in [-0.25, -0.2) is 4.79 Å². The van der Waals surface area contributed by atoms with Crippen LogP contribution < -0.4 is 10.1 Å². The first kappa shape index (κ1) is 20.6. The Hall–Kier alpha value is -2.08. The molecule has 0 spiro atoms. The molecule has 0 fully saturated rings. The minimum atomic E-state index is -0.522. The second-order valence-electron chi connectivity index (χ2n) is 8.04. The van der Waals surface area contributed by atoms with Crippen molar-refractivity contribution in [3.05, 3.63) is 50.8 Å². The van der Waals surface area contributed by atoms with Gasteiger partial charge in [-0.1, -0.05) is 29.8 Å². The van der Waals surface area contributed by atoms with Crippen molar-refractivity contribution in [3.8, 4) is 5.75 Å². The van der Waals surface area contributed by atoms with Gasteiger partial charge >= 0.3 is 5.97 Å². The molecule has 1 heterocycles. The van der Waals surface area contributed by atoms with E-state index in [1.54, 1.807) is 14.0 Å². The lowest BCUT2D eigenvalue weighted by molar-refractivity contribution is -0.138. The Balaban J connectivity index is 2.26. The number of hydrogen-bond acceptors (Lipinski definition) is 5. The maximum absolute atomic E-state index is 13.2. The molecular formula is C22H26BrNO4. The predicted octanol–water partition coefficient (Wildman–Crippen LogP) is 4.62. The van der Waals surface area contributed by atoms with E-state index in [1.165, 1.54) is 0 Å². The number of ether oxygens (including phenoxy) is 2. The Kier molecular flexibility index (Phi) is 5.71. The predicted molar refractivity (Wildman–Crippen MR) is 111 cm³/mol. The number of carbonyl (C=O) groups is 2. The van der Waals surface area contributed by atoms with Crippen molar-refractivity contribution in [2.75, 3.05) is 13.7 Å². The fourth-order valence-electron chi connectivity index (χ4n) is 4.16. The normalized spacial score (nSPS) is 21.2. The van der Waals surface area contributed by atoms with Crippen molar-refractivity contribution < 1.29 is 19.1 Å². The molecule has 5 nitrogen and oxygen atoms in total. The lowest BCUT2D eigenvalue weighted by Gasteiger charge is -2.39. The highest BCUT2D eigenvalue weighted by atomic mass is 79.9. The molecule has 0 amide bonds. The average Bonchev–Trinajstić information content (AvgIpc) is 2.59. The Morgan fingerprint density at radius 2 is 2.04 bits per heavy atom. The molecule has 2 aliphatic rings. The number of benzene rings is 1. The maximum atomic E-state index is 13.2. The molecule has 3 rings (SSSR count). The maximum Gasteiger partial charge on any atom is 0.336 e. The van der Waals surface area contributed by atoms with Gasteiger partial charge in [-0.05, 0) is 43.9 Å². The van der Waals surface area contributed by atoms with Crippen molar-refractivity contribution in [3.63, 3.8) is 0 Å². The third-order valence-corrected chi connectivity index (χ3v) is 5.73. The van der Waals surface area contributed by atoms with E-state index in [0.717, 1.165) is 27.9 Å². The van der Waals surface area contributed by atoms with E-state index >= 15 is 0 Å². The van der Waals surface area contributed by atoms with Gasteiger partial charge in [0.25, 0.3) is 0 Å². The number of dihydropyridines is 1. The summed E-state index contributed by atoms with van der Waals surface area (Å²) >= 11 is 3.51. The lowest BCUT2D eigenvalue weighted by Crippen LogP contribution is -2.38. The van der Waals surface area contributed by atoms with E-state index in [0.29, 0.717) is 23.3 Å². The molecule has 1 N–H and O–H groups in total. The molecule has 1 aromatic rings. The number of Topliss-reactive ketones (excluding diaryl/α,β-unsaturated/α-hetero) is 1. The van der Waals surface area contributed by atoms with Gasteiger partial charge in [0.2, 0.25) is 0 Å². The number of halogens is 1. The van der Waals surface area contributed by atoms with Crippen molar-refractivity contribution in [2.45, 2.75) is 46.5 Å². The second kappa shape index (κ2) is 7.74. The summed E-state index contributed by atoms with van der Waals surface area (Å²) in [6.45, 7) is 8.08. The van der Waals surface area contributed by atoms with E-state index in [2.05, 4.69) is 35.1 Å². The zero-order valence-electron chi connectivity index (χ0n) is 16.9. The highest BCUT2D eigenvalue weighted by Gasteiger charge is 2.44. The molecule has 150 valence electrons. The fraction of sp³-hybridized carbons (Fsp3) is 0.455. The number of esters is 1. The van der Waals surface area contributed by atoms with Crippen LogP contribution in [-0.4, -0.2) is 25.5 Å². The van der Waals surface area contributed by atoms with Gasteiger partial charge in [0.15, 0.2) is 5.78 Å². The van der Waals surface area contributed by atoms with E-state index in [1.807, 2.05) is 25.1 Å². The smallest absolute Gasteiger partial charge is 0.336 e. The molecule has 1 aromatic carbocycles. The highest BCUT2D eigenvalue weighted by Crippen LogP contribution is 2.48. The molecule has 0 bridgehead atoms. The Morgan fingerprint density at radius 1 is 1.32 bits per heavy atom. The van der Waals surface area contributed by atoms with Gasteiger partial charge in [-0.2, -0.15) is 0 Å². The summed E-state index contributed by atoms with van der Waals surface area (Å²) in [5.41, 5.74) is 3.36. The Morgan fingerprint density at radius 3 is 2.68 bits per heavy atom. The van der Waals surface area contributed by atoms with Crippen LogP contribution in [0.5, 0.6) is 5.75 Å². The molecular weight excluding hydrogens is 422 g/mol. The Labute approximate surface area is 174 Å². The third-order valence-electron chi connectivity index (χ3n) is 5.24. The summed E-state index contributed by atoms with van der Waals surface area (Å²) in [6.07, 6.45) is 1.18. The van der Waals surface area contributed by atoms with Crippen LogP contribution in [0.25, 0.3) is 0 Å². The SMILES string of the molecule is CCOC(=O)C1=C(C)NC2=C(C(=O)CC(C)(C)C2)C1c1cc(Br)ccc1OC. The monoisotopic (exact) mass is 447 g/mol. The van der Waals surface area contributed by atoms with Crippen LogP contribution in [0.2, 0.25) is 0 Å². The van der Waals surface area contributed by atoms with Gasteiger partial charge in [0.1, 0.15) is 5.75 Å². The molecule has 1 aliphatic heterocycles.